The van der Waals surface area contributed by atoms with E-state index in [1.165, 1.54) is 0 Å². The molecular weight excluding hydrogens is 412 g/mol. The van der Waals surface area contributed by atoms with E-state index in [2.05, 4.69) is 26.0 Å². The van der Waals surface area contributed by atoms with Gasteiger partial charge >= 0.3 is 6.03 Å². The molecule has 0 saturated carbocycles. The van der Waals surface area contributed by atoms with Crippen molar-refractivity contribution in [3.8, 4) is 0 Å². The Kier molecular flexibility index (Phi) is 12.4. The van der Waals surface area contributed by atoms with E-state index in [4.69, 9.17) is 19.7 Å². The van der Waals surface area contributed by atoms with Crippen LogP contribution < -0.4 is 16.0 Å². The Hall–Kier alpha value is -1.72. The standard InChI is InChI=1S/C18H32N6O5S/c19-24-21-6-8-28-10-12-29-11-9-27-7-5-20-16(25)4-2-1-3-15-17-14(13-30-15)22-18(26)23-17/h14-15,17H,1-13H2,(H,20,25)(H2,22,23,26)/t14-,15-,17-/m1/s1. The van der Waals surface area contributed by atoms with E-state index in [9.17, 15) is 9.59 Å². The first kappa shape index (κ1) is 24.5. The smallest absolute Gasteiger partial charge is 0.315 e. The Morgan fingerprint density at radius 1 is 1.13 bits per heavy atom. The summed E-state index contributed by atoms with van der Waals surface area (Å²) >= 11 is 1.90. The second kappa shape index (κ2) is 15.1. The molecule has 3 N–H and O–H groups in total. The molecule has 2 fully saturated rings. The predicted octanol–water partition coefficient (Wildman–Crippen LogP) is 1.19. The fourth-order valence-corrected chi connectivity index (χ4v) is 4.86. The lowest BCUT2D eigenvalue weighted by atomic mass is 10.0. The number of thioether (sulfide) groups is 1. The molecule has 12 heteroatoms. The Bertz CT molecular complexity index is 577. The predicted molar refractivity (Wildman–Crippen MR) is 113 cm³/mol. The average molecular weight is 445 g/mol. The Labute approximate surface area is 181 Å². The lowest BCUT2D eigenvalue weighted by molar-refractivity contribution is -0.121. The summed E-state index contributed by atoms with van der Waals surface area (Å²) in [7, 11) is 0. The van der Waals surface area contributed by atoms with Crippen molar-refractivity contribution in [3.63, 3.8) is 0 Å². The third kappa shape index (κ3) is 9.86. The van der Waals surface area contributed by atoms with E-state index >= 15 is 0 Å². The molecule has 0 aromatic rings. The van der Waals surface area contributed by atoms with Crippen LogP contribution in [0.1, 0.15) is 25.7 Å². The van der Waals surface area contributed by atoms with Crippen molar-refractivity contribution >= 4 is 23.7 Å². The molecule has 2 saturated heterocycles. The highest BCUT2D eigenvalue weighted by atomic mass is 32.2. The molecule has 0 unspecified atom stereocenters. The maximum absolute atomic E-state index is 11.9. The normalized spacial score (nSPS) is 22.1. The summed E-state index contributed by atoms with van der Waals surface area (Å²) in [5, 5.41) is 12.6. The fourth-order valence-electron chi connectivity index (χ4n) is 3.32. The van der Waals surface area contributed by atoms with Crippen molar-refractivity contribution in [1.29, 1.82) is 0 Å². The first-order valence-electron chi connectivity index (χ1n) is 10.4. The molecule has 0 aromatic heterocycles. The topological polar surface area (TPSA) is 147 Å². The quantitative estimate of drug-likeness (QED) is 0.101. The molecule has 30 heavy (non-hydrogen) atoms. The summed E-state index contributed by atoms with van der Waals surface area (Å²) in [6.45, 7) is 3.48. The summed E-state index contributed by atoms with van der Waals surface area (Å²) in [5.41, 5.74) is 8.10. The maximum Gasteiger partial charge on any atom is 0.315 e. The fraction of sp³-hybridized carbons (Fsp3) is 0.889. The van der Waals surface area contributed by atoms with Gasteiger partial charge in [-0.15, -0.1) is 0 Å². The second-order valence-electron chi connectivity index (χ2n) is 7.01. The number of unbranched alkanes of at least 4 members (excludes halogenated alkanes) is 1. The van der Waals surface area contributed by atoms with E-state index in [0.717, 1.165) is 25.0 Å². The number of urea groups is 1. The van der Waals surface area contributed by atoms with E-state index in [-0.39, 0.29) is 24.0 Å². The molecule has 2 aliphatic heterocycles. The van der Waals surface area contributed by atoms with Gasteiger partial charge in [0.25, 0.3) is 0 Å². The van der Waals surface area contributed by atoms with Crippen LogP contribution in [0.4, 0.5) is 4.79 Å². The summed E-state index contributed by atoms with van der Waals surface area (Å²) < 4.78 is 15.9. The first-order valence-corrected chi connectivity index (χ1v) is 11.4. The van der Waals surface area contributed by atoms with Crippen molar-refractivity contribution < 1.29 is 23.8 Å². The zero-order valence-corrected chi connectivity index (χ0v) is 18.0. The average Bonchev–Trinajstić information content (AvgIpc) is 3.28. The van der Waals surface area contributed by atoms with Gasteiger partial charge in [-0.25, -0.2) is 4.79 Å². The van der Waals surface area contributed by atoms with Gasteiger partial charge in [0.15, 0.2) is 0 Å². The molecule has 2 rings (SSSR count). The number of amides is 3. The SMILES string of the molecule is [N-]=[N+]=NCCOCCOCCOCCNC(=O)CCCC[C@H]1SC[C@H]2NC(=O)N[C@H]21. The van der Waals surface area contributed by atoms with Gasteiger partial charge in [-0.3, -0.25) is 4.79 Å². The van der Waals surface area contributed by atoms with Gasteiger partial charge in [-0.2, -0.15) is 11.8 Å². The molecule has 0 aromatic carbocycles. The van der Waals surface area contributed by atoms with Crippen LogP contribution in [0.3, 0.4) is 0 Å². The van der Waals surface area contributed by atoms with Crippen LogP contribution in [0.15, 0.2) is 5.11 Å². The number of azide groups is 1. The molecular formula is C18H32N6O5S. The number of carbonyl (C=O) groups excluding carboxylic acids is 2. The van der Waals surface area contributed by atoms with Gasteiger partial charge < -0.3 is 30.2 Å². The van der Waals surface area contributed by atoms with Crippen molar-refractivity contribution in [2.24, 2.45) is 5.11 Å². The number of carbonyl (C=O) groups is 2. The number of nitrogens with zero attached hydrogens (tertiary/aromatic N) is 3. The second-order valence-corrected chi connectivity index (χ2v) is 8.28. The molecule has 170 valence electrons. The number of fused-ring (bicyclic) bond motifs is 1. The van der Waals surface area contributed by atoms with Crippen LogP contribution in [0.25, 0.3) is 10.4 Å². The van der Waals surface area contributed by atoms with E-state index in [0.29, 0.717) is 64.4 Å². The zero-order valence-electron chi connectivity index (χ0n) is 17.2. The maximum atomic E-state index is 11.9. The van der Waals surface area contributed by atoms with Crippen molar-refractivity contribution in [1.82, 2.24) is 16.0 Å². The van der Waals surface area contributed by atoms with E-state index in [1.807, 2.05) is 11.8 Å². The number of hydrogen-bond donors (Lipinski definition) is 3. The highest BCUT2D eigenvalue weighted by molar-refractivity contribution is 8.00. The van der Waals surface area contributed by atoms with Crippen LogP contribution in [0.2, 0.25) is 0 Å². The third-order valence-corrected chi connectivity index (χ3v) is 6.30. The van der Waals surface area contributed by atoms with Gasteiger partial charge in [0.05, 0.1) is 51.7 Å². The molecule has 0 radical (unpaired) electrons. The monoisotopic (exact) mass is 444 g/mol. The van der Waals surface area contributed by atoms with Gasteiger partial charge in [-0.1, -0.05) is 11.5 Å². The molecule has 3 atom stereocenters. The third-order valence-electron chi connectivity index (χ3n) is 4.79. The molecule has 0 spiro atoms. The van der Waals surface area contributed by atoms with Gasteiger partial charge in [0, 0.05) is 35.4 Å². The number of hydrogen-bond acceptors (Lipinski definition) is 7. The Morgan fingerprint density at radius 3 is 2.63 bits per heavy atom. The van der Waals surface area contributed by atoms with Gasteiger partial charge in [0.1, 0.15) is 0 Å². The van der Waals surface area contributed by atoms with Crippen LogP contribution in [0.5, 0.6) is 0 Å². The first-order chi connectivity index (χ1) is 14.7. The highest BCUT2D eigenvalue weighted by Gasteiger charge is 2.42. The largest absolute Gasteiger partial charge is 0.379 e. The Morgan fingerprint density at radius 2 is 1.87 bits per heavy atom. The lowest BCUT2D eigenvalue weighted by Crippen LogP contribution is -2.36. The minimum absolute atomic E-state index is 0.0421. The number of rotatable bonds is 17. The van der Waals surface area contributed by atoms with Crippen molar-refractivity contribution in [2.75, 3.05) is 58.5 Å². The summed E-state index contributed by atoms with van der Waals surface area (Å²) in [6, 6.07) is 0.426. The van der Waals surface area contributed by atoms with Crippen molar-refractivity contribution in [3.05, 3.63) is 10.4 Å². The molecule has 11 nitrogen and oxygen atoms in total. The van der Waals surface area contributed by atoms with Crippen LogP contribution in [-0.2, 0) is 19.0 Å². The van der Waals surface area contributed by atoms with Crippen LogP contribution in [0, 0.1) is 0 Å². The Balaban J connectivity index is 1.32. The summed E-state index contributed by atoms with van der Waals surface area (Å²) in [5.74, 6) is 1.01. The summed E-state index contributed by atoms with van der Waals surface area (Å²) in [6.07, 6.45) is 3.36. The van der Waals surface area contributed by atoms with Gasteiger partial charge in [-0.05, 0) is 18.4 Å². The minimum Gasteiger partial charge on any atom is -0.379 e. The molecule has 0 bridgehead atoms. The van der Waals surface area contributed by atoms with E-state index < -0.39 is 0 Å². The number of nitrogens with one attached hydrogen (secondary N) is 3. The van der Waals surface area contributed by atoms with E-state index in [1.54, 1.807) is 0 Å². The van der Waals surface area contributed by atoms with Crippen LogP contribution >= 0.6 is 11.8 Å². The number of ether oxygens (including phenoxy) is 3. The van der Waals surface area contributed by atoms with Crippen molar-refractivity contribution in [2.45, 2.75) is 43.0 Å². The summed E-state index contributed by atoms with van der Waals surface area (Å²) in [4.78, 5) is 25.9. The molecule has 3 amide bonds. The van der Waals surface area contributed by atoms with Crippen LogP contribution in [-0.4, -0.2) is 87.8 Å². The molecule has 0 aliphatic carbocycles. The van der Waals surface area contributed by atoms with Gasteiger partial charge in [0.2, 0.25) is 5.91 Å². The minimum atomic E-state index is -0.0589. The molecule has 2 heterocycles. The molecule has 2 aliphatic rings. The lowest BCUT2D eigenvalue weighted by Gasteiger charge is -2.16. The zero-order chi connectivity index (χ0) is 21.4. The highest BCUT2D eigenvalue weighted by Crippen LogP contribution is 2.33.